The molecule has 2 heterocycles. The zero-order chi connectivity index (χ0) is 22.7. The number of likely N-dealkylation sites (tertiary alicyclic amines) is 1. The van der Waals surface area contributed by atoms with Crippen molar-refractivity contribution in [2.24, 2.45) is 11.8 Å². The molecule has 2 atom stereocenters. The van der Waals surface area contributed by atoms with Crippen LogP contribution < -0.4 is 10.0 Å². The van der Waals surface area contributed by atoms with E-state index in [1.807, 2.05) is 0 Å². The van der Waals surface area contributed by atoms with Crippen LogP contribution >= 0.6 is 0 Å². The van der Waals surface area contributed by atoms with Crippen molar-refractivity contribution in [3.8, 4) is 0 Å². The van der Waals surface area contributed by atoms with E-state index in [9.17, 15) is 22.8 Å². The van der Waals surface area contributed by atoms with Gasteiger partial charge in [-0.05, 0) is 43.2 Å². The number of anilines is 2. The van der Waals surface area contributed by atoms with Crippen LogP contribution in [0.15, 0.2) is 47.6 Å². The number of hydrogen-bond acceptors (Lipinski definition) is 7. The number of sulfonamides is 1. The van der Waals surface area contributed by atoms with Gasteiger partial charge < -0.3 is 5.32 Å². The minimum Gasteiger partial charge on any atom is -0.326 e. The van der Waals surface area contributed by atoms with Crippen molar-refractivity contribution in [2.75, 3.05) is 16.6 Å². The maximum absolute atomic E-state index is 12.5. The number of nitrogens with one attached hydrogen (secondary N) is 2. The molecule has 10 nitrogen and oxygen atoms in total. The van der Waals surface area contributed by atoms with Crippen LogP contribution in [0.5, 0.6) is 0 Å². The molecule has 0 spiro atoms. The lowest BCUT2D eigenvalue weighted by Crippen LogP contribution is -2.34. The average Bonchev–Trinajstić information content (AvgIpc) is 3.03. The first kappa shape index (κ1) is 21.9. The molecule has 32 heavy (non-hydrogen) atoms. The first-order valence-electron chi connectivity index (χ1n) is 10.4. The lowest BCUT2D eigenvalue weighted by molar-refractivity contribution is -0.140. The fourth-order valence-corrected chi connectivity index (χ4v) is 5.09. The number of aromatic nitrogens is 2. The number of fused-ring (bicyclic) bond motifs is 1. The van der Waals surface area contributed by atoms with Gasteiger partial charge in [-0.15, -0.1) is 0 Å². The molecule has 1 aliphatic heterocycles. The second-order valence-electron chi connectivity index (χ2n) is 7.83. The first-order valence-corrected chi connectivity index (χ1v) is 11.9. The molecule has 2 aliphatic rings. The minimum atomic E-state index is -3.87. The summed E-state index contributed by atoms with van der Waals surface area (Å²) in [6.45, 7) is 0.0456. The Hall–Kier alpha value is -3.34. The van der Waals surface area contributed by atoms with Crippen molar-refractivity contribution in [3.63, 3.8) is 0 Å². The summed E-state index contributed by atoms with van der Waals surface area (Å²) in [5, 5.41) is 2.66. The molecular formula is C21H23N5O5S. The highest BCUT2D eigenvalue weighted by Crippen LogP contribution is 2.38. The van der Waals surface area contributed by atoms with Gasteiger partial charge >= 0.3 is 0 Å². The van der Waals surface area contributed by atoms with E-state index in [0.29, 0.717) is 5.69 Å². The highest BCUT2D eigenvalue weighted by Gasteiger charge is 2.47. The van der Waals surface area contributed by atoms with Crippen LogP contribution in [-0.4, -0.2) is 47.6 Å². The largest absolute Gasteiger partial charge is 0.326 e. The number of carbonyl (C=O) groups is 3. The number of rotatable bonds is 7. The summed E-state index contributed by atoms with van der Waals surface area (Å²) >= 11 is 0. The Morgan fingerprint density at radius 3 is 2.19 bits per heavy atom. The predicted octanol–water partition coefficient (Wildman–Crippen LogP) is 1.78. The van der Waals surface area contributed by atoms with Crippen LogP contribution in [0, 0.1) is 11.8 Å². The van der Waals surface area contributed by atoms with Gasteiger partial charge in [-0.25, -0.2) is 23.1 Å². The molecule has 1 aromatic heterocycles. The van der Waals surface area contributed by atoms with Crippen LogP contribution in [0.1, 0.15) is 32.1 Å². The Morgan fingerprint density at radius 2 is 1.59 bits per heavy atom. The van der Waals surface area contributed by atoms with Crippen LogP contribution in [-0.2, 0) is 24.4 Å². The quantitative estimate of drug-likeness (QED) is 0.604. The van der Waals surface area contributed by atoms with Crippen molar-refractivity contribution in [2.45, 2.75) is 37.0 Å². The van der Waals surface area contributed by atoms with E-state index in [-0.39, 0.29) is 53.4 Å². The third-order valence-electron chi connectivity index (χ3n) is 5.73. The van der Waals surface area contributed by atoms with Gasteiger partial charge in [0.2, 0.25) is 23.7 Å². The third-order valence-corrected chi connectivity index (χ3v) is 7.08. The maximum Gasteiger partial charge on any atom is 0.264 e. The van der Waals surface area contributed by atoms with E-state index in [2.05, 4.69) is 20.0 Å². The standard InChI is InChI=1S/C21H23N5O5S/c27-18(10-13-26-19(28)16-4-1-2-5-17(16)20(26)29)24-14-6-8-15(9-7-14)32(30,31)25-21-22-11-3-12-23-21/h3,6-9,11-12,16-17H,1-2,4-5,10,13H2,(H,24,27)(H,22,23,25)/t16-,17+. The molecule has 4 rings (SSSR count). The van der Waals surface area contributed by atoms with E-state index in [0.717, 1.165) is 25.7 Å². The Kier molecular flexibility index (Phi) is 6.17. The molecule has 11 heteroatoms. The molecule has 1 saturated carbocycles. The summed E-state index contributed by atoms with van der Waals surface area (Å²) in [4.78, 5) is 46.1. The van der Waals surface area contributed by atoms with E-state index >= 15 is 0 Å². The molecule has 168 valence electrons. The van der Waals surface area contributed by atoms with Gasteiger partial charge in [-0.2, -0.15) is 0 Å². The lowest BCUT2D eigenvalue weighted by atomic mass is 9.81. The molecule has 0 radical (unpaired) electrons. The summed E-state index contributed by atoms with van der Waals surface area (Å²) in [6, 6.07) is 7.17. The SMILES string of the molecule is O=C(CCN1C(=O)[C@H]2CCCC[C@H]2C1=O)Nc1ccc(S(=O)(=O)Nc2ncccn2)cc1. The normalized spacial score (nSPS) is 20.7. The Labute approximate surface area is 185 Å². The van der Waals surface area contributed by atoms with Crippen molar-refractivity contribution in [3.05, 3.63) is 42.7 Å². The lowest BCUT2D eigenvalue weighted by Gasteiger charge is -2.19. The number of carbonyl (C=O) groups excluding carboxylic acids is 3. The predicted molar refractivity (Wildman–Crippen MR) is 115 cm³/mol. The Balaban J connectivity index is 1.32. The number of nitrogens with zero attached hydrogens (tertiary/aromatic N) is 3. The topological polar surface area (TPSA) is 138 Å². The molecule has 2 N–H and O–H groups in total. The van der Waals surface area contributed by atoms with E-state index in [1.165, 1.54) is 41.6 Å². The number of hydrogen-bond donors (Lipinski definition) is 2. The van der Waals surface area contributed by atoms with Crippen molar-refractivity contribution >= 4 is 39.4 Å². The number of benzene rings is 1. The van der Waals surface area contributed by atoms with Crippen molar-refractivity contribution < 1.29 is 22.8 Å². The van der Waals surface area contributed by atoms with Gasteiger partial charge in [0.15, 0.2) is 0 Å². The van der Waals surface area contributed by atoms with Crippen LogP contribution in [0.4, 0.5) is 11.6 Å². The van der Waals surface area contributed by atoms with Crippen LogP contribution in [0.3, 0.4) is 0 Å². The Bertz CT molecular complexity index is 1100. The number of imide groups is 1. The number of amides is 3. The van der Waals surface area contributed by atoms with E-state index < -0.39 is 10.0 Å². The van der Waals surface area contributed by atoms with E-state index in [1.54, 1.807) is 6.07 Å². The second-order valence-corrected chi connectivity index (χ2v) is 9.51. The zero-order valence-electron chi connectivity index (χ0n) is 17.2. The fourth-order valence-electron chi connectivity index (χ4n) is 4.14. The molecular weight excluding hydrogens is 434 g/mol. The third kappa shape index (κ3) is 4.62. The highest BCUT2D eigenvalue weighted by molar-refractivity contribution is 7.92. The molecule has 3 amide bonds. The second kappa shape index (κ2) is 9.03. The zero-order valence-corrected chi connectivity index (χ0v) is 18.0. The molecule has 0 unspecified atom stereocenters. The van der Waals surface area contributed by atoms with Gasteiger partial charge in [0.05, 0.1) is 16.7 Å². The van der Waals surface area contributed by atoms with Crippen molar-refractivity contribution in [1.82, 2.24) is 14.9 Å². The van der Waals surface area contributed by atoms with Gasteiger partial charge in [0.25, 0.3) is 10.0 Å². The molecule has 1 aromatic carbocycles. The highest BCUT2D eigenvalue weighted by atomic mass is 32.2. The van der Waals surface area contributed by atoms with Crippen LogP contribution in [0.25, 0.3) is 0 Å². The Morgan fingerprint density at radius 1 is 1.00 bits per heavy atom. The van der Waals surface area contributed by atoms with Gasteiger partial charge in [-0.3, -0.25) is 19.3 Å². The summed E-state index contributed by atoms with van der Waals surface area (Å²) in [6.07, 6.45) is 6.18. The summed E-state index contributed by atoms with van der Waals surface area (Å²) in [5.41, 5.74) is 0.401. The molecule has 1 aliphatic carbocycles. The van der Waals surface area contributed by atoms with Crippen LogP contribution in [0.2, 0.25) is 0 Å². The van der Waals surface area contributed by atoms with Gasteiger partial charge in [-0.1, -0.05) is 12.8 Å². The molecule has 2 aromatic rings. The first-order chi connectivity index (χ1) is 15.3. The summed E-state index contributed by atoms with van der Waals surface area (Å²) < 4.78 is 27.1. The monoisotopic (exact) mass is 457 g/mol. The van der Waals surface area contributed by atoms with Gasteiger partial charge in [0.1, 0.15) is 0 Å². The molecule has 1 saturated heterocycles. The van der Waals surface area contributed by atoms with Crippen molar-refractivity contribution in [1.29, 1.82) is 0 Å². The molecule has 0 bridgehead atoms. The van der Waals surface area contributed by atoms with E-state index in [4.69, 9.17) is 0 Å². The van der Waals surface area contributed by atoms with Gasteiger partial charge in [0, 0.05) is 31.0 Å². The minimum absolute atomic E-state index is 0.0150. The summed E-state index contributed by atoms with van der Waals surface area (Å²) in [7, 11) is -3.87. The smallest absolute Gasteiger partial charge is 0.264 e. The average molecular weight is 458 g/mol. The maximum atomic E-state index is 12.5. The fraction of sp³-hybridized carbons (Fsp3) is 0.381. The summed E-state index contributed by atoms with van der Waals surface area (Å²) in [5.74, 6) is -1.22. The molecule has 2 fully saturated rings.